The lowest BCUT2D eigenvalue weighted by molar-refractivity contribution is -0.153. The van der Waals surface area contributed by atoms with Gasteiger partial charge in [-0.15, -0.1) is 0 Å². The Morgan fingerprint density at radius 2 is 1.86 bits per heavy atom. The van der Waals surface area contributed by atoms with Crippen LogP contribution in [0, 0.1) is 6.92 Å². The van der Waals surface area contributed by atoms with Crippen molar-refractivity contribution < 1.29 is 19.1 Å². The van der Waals surface area contributed by atoms with Crippen LogP contribution in [-0.2, 0) is 20.7 Å². The number of hydrogen-bond acceptors (Lipinski definition) is 4. The molecule has 0 aliphatic rings. The fraction of sp³-hybridized carbons (Fsp3) is 0.364. The Balaban J connectivity index is 1.69. The highest BCUT2D eigenvalue weighted by Crippen LogP contribution is 2.21. The summed E-state index contributed by atoms with van der Waals surface area (Å²) < 4.78 is 10.8. The Hall–Kier alpha value is -2.53. The minimum atomic E-state index is -0.863. The largest absolute Gasteiger partial charge is 0.494 e. The molecule has 1 atom stereocenters. The molecule has 0 heterocycles. The fourth-order valence-corrected chi connectivity index (χ4v) is 2.61. The number of benzene rings is 2. The van der Waals surface area contributed by atoms with Crippen LogP contribution < -0.4 is 10.1 Å². The van der Waals surface area contributed by atoms with E-state index in [-0.39, 0.29) is 12.3 Å². The summed E-state index contributed by atoms with van der Waals surface area (Å²) in [6.07, 6.45) is 0.741. The van der Waals surface area contributed by atoms with Crippen LogP contribution in [-0.4, -0.2) is 24.6 Å². The summed E-state index contributed by atoms with van der Waals surface area (Å²) in [5, 5.41) is 3.43. The van der Waals surface area contributed by atoms with E-state index in [0.29, 0.717) is 29.5 Å². The maximum Gasteiger partial charge on any atom is 0.306 e. The summed E-state index contributed by atoms with van der Waals surface area (Å²) in [5.41, 5.74) is 2.80. The van der Waals surface area contributed by atoms with E-state index in [1.807, 2.05) is 37.3 Å². The number of aryl methyl sites for hydroxylation is 2. The smallest absolute Gasteiger partial charge is 0.306 e. The summed E-state index contributed by atoms with van der Waals surface area (Å²) in [7, 11) is 0. The third-order valence-corrected chi connectivity index (χ3v) is 4.65. The van der Waals surface area contributed by atoms with Crippen LogP contribution in [0.2, 0.25) is 5.02 Å². The molecule has 0 saturated heterocycles. The van der Waals surface area contributed by atoms with Gasteiger partial charge in [0.15, 0.2) is 6.10 Å². The molecule has 0 radical (unpaired) electrons. The van der Waals surface area contributed by atoms with Crippen molar-refractivity contribution >= 4 is 29.2 Å². The van der Waals surface area contributed by atoms with Crippen molar-refractivity contribution in [2.45, 2.75) is 46.1 Å². The molecule has 0 aromatic heterocycles. The SMILES string of the molecule is CCc1ccc(NC(=O)[C@@H](C)OC(=O)CCCOc2ccc(Cl)c(C)c2)cc1. The Morgan fingerprint density at radius 1 is 1.14 bits per heavy atom. The number of rotatable bonds is 9. The summed E-state index contributed by atoms with van der Waals surface area (Å²) >= 11 is 5.97. The zero-order valence-electron chi connectivity index (χ0n) is 16.5. The molecule has 6 heteroatoms. The van der Waals surface area contributed by atoms with Crippen LogP contribution in [0.1, 0.15) is 37.8 Å². The number of nitrogens with one attached hydrogen (secondary N) is 1. The molecule has 0 saturated carbocycles. The summed E-state index contributed by atoms with van der Waals surface area (Å²) in [6.45, 7) is 5.90. The maximum atomic E-state index is 12.2. The third-order valence-electron chi connectivity index (χ3n) is 4.23. The first-order valence-electron chi connectivity index (χ1n) is 9.37. The molecule has 2 aromatic carbocycles. The van der Waals surface area contributed by atoms with Crippen LogP contribution in [0.4, 0.5) is 5.69 Å². The van der Waals surface area contributed by atoms with Crippen LogP contribution in [0.5, 0.6) is 5.75 Å². The van der Waals surface area contributed by atoms with Crippen LogP contribution in [0.15, 0.2) is 42.5 Å². The van der Waals surface area contributed by atoms with Crippen LogP contribution in [0.25, 0.3) is 0 Å². The Morgan fingerprint density at radius 3 is 2.50 bits per heavy atom. The lowest BCUT2D eigenvalue weighted by atomic mass is 10.1. The van der Waals surface area contributed by atoms with E-state index in [9.17, 15) is 9.59 Å². The molecule has 0 spiro atoms. The van der Waals surface area contributed by atoms with Gasteiger partial charge >= 0.3 is 5.97 Å². The van der Waals surface area contributed by atoms with Gasteiger partial charge in [0, 0.05) is 17.1 Å². The molecular weight excluding hydrogens is 378 g/mol. The molecule has 28 heavy (non-hydrogen) atoms. The molecule has 2 rings (SSSR count). The van der Waals surface area contributed by atoms with E-state index in [1.54, 1.807) is 19.1 Å². The van der Waals surface area contributed by atoms with Gasteiger partial charge in [-0.25, -0.2) is 0 Å². The van der Waals surface area contributed by atoms with E-state index < -0.39 is 12.1 Å². The standard InChI is InChI=1S/C22H26ClNO4/c1-4-17-7-9-18(10-8-17)24-22(26)16(3)28-21(25)6-5-13-27-19-11-12-20(23)15(2)14-19/h7-12,14,16H,4-6,13H2,1-3H3,(H,24,26)/t16-/m1/s1. The molecule has 5 nitrogen and oxygen atoms in total. The first kappa shape index (κ1) is 21.8. The molecule has 0 fully saturated rings. The van der Waals surface area contributed by atoms with E-state index >= 15 is 0 Å². The number of carbonyl (C=O) groups excluding carboxylic acids is 2. The minimum absolute atomic E-state index is 0.176. The topological polar surface area (TPSA) is 64.6 Å². The first-order valence-corrected chi connectivity index (χ1v) is 9.75. The first-order chi connectivity index (χ1) is 13.4. The Bertz CT molecular complexity index is 805. The van der Waals surface area contributed by atoms with Crippen LogP contribution >= 0.6 is 11.6 Å². The number of hydrogen-bond donors (Lipinski definition) is 1. The fourth-order valence-electron chi connectivity index (χ4n) is 2.49. The van der Waals surface area contributed by atoms with Gasteiger partial charge in [0.2, 0.25) is 0 Å². The van der Waals surface area contributed by atoms with Gasteiger partial charge < -0.3 is 14.8 Å². The number of carbonyl (C=O) groups is 2. The van der Waals surface area contributed by atoms with Crippen LogP contribution in [0.3, 0.4) is 0 Å². The van der Waals surface area contributed by atoms with Gasteiger partial charge in [0.05, 0.1) is 6.61 Å². The molecule has 1 amide bonds. The van der Waals surface area contributed by atoms with Gasteiger partial charge in [-0.1, -0.05) is 30.7 Å². The van der Waals surface area contributed by atoms with E-state index in [2.05, 4.69) is 12.2 Å². The number of halogens is 1. The van der Waals surface area contributed by atoms with Crippen molar-refractivity contribution in [2.24, 2.45) is 0 Å². The Kier molecular flexibility index (Phi) is 8.33. The molecule has 0 aliphatic heterocycles. The number of ether oxygens (including phenoxy) is 2. The molecule has 1 N–H and O–H groups in total. The molecule has 0 unspecified atom stereocenters. The van der Waals surface area contributed by atoms with Gasteiger partial charge in [-0.3, -0.25) is 9.59 Å². The lowest BCUT2D eigenvalue weighted by Crippen LogP contribution is -2.30. The van der Waals surface area contributed by atoms with Crippen molar-refractivity contribution in [1.82, 2.24) is 0 Å². The average Bonchev–Trinajstić information content (AvgIpc) is 2.68. The van der Waals surface area contributed by atoms with E-state index in [0.717, 1.165) is 12.0 Å². The molecule has 0 bridgehead atoms. The Labute approximate surface area is 171 Å². The number of anilines is 1. The van der Waals surface area contributed by atoms with Crippen molar-refractivity contribution in [3.63, 3.8) is 0 Å². The zero-order chi connectivity index (χ0) is 20.5. The summed E-state index contributed by atoms with van der Waals surface area (Å²) in [4.78, 5) is 24.1. The van der Waals surface area contributed by atoms with Crippen molar-refractivity contribution in [2.75, 3.05) is 11.9 Å². The predicted molar refractivity (Wildman–Crippen MR) is 111 cm³/mol. The summed E-state index contributed by atoms with van der Waals surface area (Å²) in [6, 6.07) is 13.0. The molecular formula is C22H26ClNO4. The quantitative estimate of drug-likeness (QED) is 0.475. The minimum Gasteiger partial charge on any atom is -0.494 e. The average molecular weight is 404 g/mol. The van der Waals surface area contributed by atoms with Crippen molar-refractivity contribution in [1.29, 1.82) is 0 Å². The molecule has 0 aliphatic carbocycles. The normalized spacial score (nSPS) is 11.6. The lowest BCUT2D eigenvalue weighted by Gasteiger charge is -2.14. The number of amides is 1. The van der Waals surface area contributed by atoms with E-state index in [4.69, 9.17) is 21.1 Å². The van der Waals surface area contributed by atoms with Crippen molar-refractivity contribution in [3.05, 3.63) is 58.6 Å². The zero-order valence-corrected chi connectivity index (χ0v) is 17.2. The van der Waals surface area contributed by atoms with Gasteiger partial charge in [0.1, 0.15) is 5.75 Å². The highest BCUT2D eigenvalue weighted by atomic mass is 35.5. The highest BCUT2D eigenvalue weighted by molar-refractivity contribution is 6.31. The van der Waals surface area contributed by atoms with E-state index in [1.165, 1.54) is 5.56 Å². The third kappa shape index (κ3) is 6.89. The second kappa shape index (κ2) is 10.7. The number of esters is 1. The second-order valence-corrected chi connectivity index (χ2v) is 6.94. The van der Waals surface area contributed by atoms with Gasteiger partial charge in [-0.2, -0.15) is 0 Å². The van der Waals surface area contributed by atoms with Gasteiger partial charge in [0.25, 0.3) is 5.91 Å². The predicted octanol–water partition coefficient (Wildman–Crippen LogP) is 4.94. The van der Waals surface area contributed by atoms with Gasteiger partial charge in [-0.05, 0) is 68.1 Å². The monoisotopic (exact) mass is 403 g/mol. The summed E-state index contributed by atoms with van der Waals surface area (Å²) in [5.74, 6) is -0.0811. The highest BCUT2D eigenvalue weighted by Gasteiger charge is 2.17. The van der Waals surface area contributed by atoms with Crippen molar-refractivity contribution in [3.8, 4) is 5.75 Å². The maximum absolute atomic E-state index is 12.2. The molecule has 2 aromatic rings. The molecule has 150 valence electrons. The second-order valence-electron chi connectivity index (χ2n) is 6.53.